The number of alkyl halides is 5. The molecule has 222 valence electrons. The van der Waals surface area contributed by atoms with Gasteiger partial charge in [0, 0.05) is 29.2 Å². The number of amides is 1. The third kappa shape index (κ3) is 6.03. The van der Waals surface area contributed by atoms with Gasteiger partial charge in [-0.1, -0.05) is 0 Å². The molecule has 0 unspecified atom stereocenters. The molecule has 0 aliphatic heterocycles. The number of anilines is 1. The average Bonchev–Trinajstić information content (AvgIpc) is 3.42. The van der Waals surface area contributed by atoms with Crippen molar-refractivity contribution in [3.05, 3.63) is 90.3 Å². The maximum Gasteiger partial charge on any atom is 0.416 e. The van der Waals surface area contributed by atoms with E-state index in [2.05, 4.69) is 15.0 Å². The zero-order chi connectivity index (χ0) is 30.9. The van der Waals surface area contributed by atoms with Crippen LogP contribution in [0.4, 0.5) is 27.6 Å². The molecule has 9 nitrogen and oxygen atoms in total. The van der Waals surface area contributed by atoms with Gasteiger partial charge in [0.2, 0.25) is 5.88 Å². The molecule has 5 rings (SSSR count). The number of aromatic nitrogens is 4. The van der Waals surface area contributed by atoms with Crippen LogP contribution >= 0.6 is 0 Å². The third-order valence-corrected chi connectivity index (χ3v) is 6.33. The fraction of sp³-hybridized carbons (Fsp3) is 0.172. The van der Waals surface area contributed by atoms with Crippen LogP contribution in [0.3, 0.4) is 0 Å². The second-order valence-electron chi connectivity index (χ2n) is 9.25. The van der Waals surface area contributed by atoms with Gasteiger partial charge in [-0.05, 0) is 55.5 Å². The summed E-state index contributed by atoms with van der Waals surface area (Å²) >= 11 is 0. The zero-order valence-corrected chi connectivity index (χ0v) is 22.7. The normalized spacial score (nSPS) is 11.8. The maximum atomic E-state index is 15.2. The Morgan fingerprint density at radius 1 is 0.860 bits per heavy atom. The minimum absolute atomic E-state index is 0.0242. The summed E-state index contributed by atoms with van der Waals surface area (Å²) in [6, 6.07) is 10.1. The van der Waals surface area contributed by atoms with Crippen LogP contribution in [0.15, 0.2) is 73.4 Å². The number of benzene rings is 3. The summed E-state index contributed by atoms with van der Waals surface area (Å²) in [7, 11) is 2.93. The van der Waals surface area contributed by atoms with E-state index in [-0.39, 0.29) is 17.3 Å². The fourth-order valence-electron chi connectivity index (χ4n) is 4.18. The van der Waals surface area contributed by atoms with Crippen molar-refractivity contribution in [1.29, 1.82) is 0 Å². The smallest absolute Gasteiger partial charge is 0.416 e. The number of fused-ring (bicyclic) bond motifs is 1. The van der Waals surface area contributed by atoms with E-state index in [0.717, 1.165) is 24.3 Å². The second-order valence-corrected chi connectivity index (χ2v) is 9.25. The van der Waals surface area contributed by atoms with Crippen LogP contribution in [0.5, 0.6) is 23.1 Å². The number of hydrogen-bond donors (Lipinski definition) is 1. The van der Waals surface area contributed by atoms with E-state index in [1.165, 1.54) is 49.8 Å². The van der Waals surface area contributed by atoms with Crippen LogP contribution in [0.2, 0.25) is 0 Å². The number of carbonyl (C=O) groups excluding carboxylic acids is 1. The Kier molecular flexibility index (Phi) is 7.61. The van der Waals surface area contributed by atoms with E-state index < -0.39 is 34.8 Å². The maximum absolute atomic E-state index is 15.2. The lowest BCUT2D eigenvalue weighted by Gasteiger charge is -2.18. The number of rotatable bonds is 8. The van der Waals surface area contributed by atoms with Crippen molar-refractivity contribution >= 4 is 22.5 Å². The van der Waals surface area contributed by atoms with Gasteiger partial charge < -0.3 is 24.1 Å². The van der Waals surface area contributed by atoms with E-state index in [1.54, 1.807) is 19.1 Å². The summed E-state index contributed by atoms with van der Waals surface area (Å²) in [5, 5.41) is 2.37. The highest BCUT2D eigenvalue weighted by Crippen LogP contribution is 2.38. The molecule has 1 N–H and O–H groups in total. The molecule has 0 spiro atoms. The molecule has 1 amide bonds. The van der Waals surface area contributed by atoms with Gasteiger partial charge in [-0.3, -0.25) is 4.79 Å². The molecular weight excluding hydrogens is 577 g/mol. The Labute approximate surface area is 240 Å². The predicted molar refractivity (Wildman–Crippen MR) is 145 cm³/mol. The molecular formula is C29H22F5N5O4. The lowest BCUT2D eigenvalue weighted by molar-refractivity contribution is -0.141. The highest BCUT2D eigenvalue weighted by atomic mass is 19.4. The topological polar surface area (TPSA) is 100 Å². The van der Waals surface area contributed by atoms with Crippen LogP contribution in [0.1, 0.15) is 16.8 Å². The second kappa shape index (κ2) is 11.2. The van der Waals surface area contributed by atoms with Crippen LogP contribution < -0.4 is 19.5 Å². The van der Waals surface area contributed by atoms with E-state index in [4.69, 9.17) is 14.2 Å². The minimum atomic E-state index is -4.80. The molecule has 3 aromatic carbocycles. The van der Waals surface area contributed by atoms with Gasteiger partial charge in [0.15, 0.2) is 11.5 Å². The number of aryl methyl sites for hydroxylation is 1. The standard InChI is InChI=1S/C29H22F5N5O4/c1-16-13-39(15-37-16)20-9-18(29(32,33)34)8-19(10-20)38-27(40)28(30,31)17-4-6-21(7-5-17)43-26-22-11-24(41-2)25(42-3)12-23(22)35-14-36-26/h4-15H,1-3H3,(H,38,40). The first-order valence-electron chi connectivity index (χ1n) is 12.5. The molecule has 2 aromatic heterocycles. The first kappa shape index (κ1) is 29.2. The van der Waals surface area contributed by atoms with Crippen LogP contribution in [0, 0.1) is 6.92 Å². The Balaban J connectivity index is 1.38. The van der Waals surface area contributed by atoms with Crippen molar-refractivity contribution in [3.63, 3.8) is 0 Å². The highest BCUT2D eigenvalue weighted by Gasteiger charge is 2.41. The summed E-state index contributed by atoms with van der Waals surface area (Å²) < 4.78 is 88.6. The Bertz CT molecular complexity index is 1810. The van der Waals surface area contributed by atoms with Gasteiger partial charge in [-0.25, -0.2) is 15.0 Å². The van der Waals surface area contributed by atoms with E-state index in [1.807, 2.05) is 5.32 Å². The highest BCUT2D eigenvalue weighted by molar-refractivity contribution is 5.97. The number of imidazole rings is 1. The molecule has 2 heterocycles. The Morgan fingerprint density at radius 2 is 1.56 bits per heavy atom. The monoisotopic (exact) mass is 599 g/mol. The van der Waals surface area contributed by atoms with Crippen molar-refractivity contribution in [2.24, 2.45) is 0 Å². The Hall–Kier alpha value is -5.27. The molecule has 43 heavy (non-hydrogen) atoms. The number of carbonyl (C=O) groups is 1. The fourth-order valence-corrected chi connectivity index (χ4v) is 4.18. The lowest BCUT2D eigenvalue weighted by atomic mass is 10.1. The lowest BCUT2D eigenvalue weighted by Crippen LogP contribution is -2.32. The molecule has 0 aliphatic carbocycles. The zero-order valence-electron chi connectivity index (χ0n) is 22.7. The summed E-state index contributed by atoms with van der Waals surface area (Å²) in [4.78, 5) is 24.9. The van der Waals surface area contributed by atoms with Crippen molar-refractivity contribution in [3.8, 4) is 28.8 Å². The van der Waals surface area contributed by atoms with Gasteiger partial charge in [0.25, 0.3) is 5.91 Å². The van der Waals surface area contributed by atoms with Gasteiger partial charge in [0.1, 0.15) is 12.1 Å². The molecule has 0 saturated heterocycles. The average molecular weight is 600 g/mol. The van der Waals surface area contributed by atoms with Crippen LogP contribution in [-0.2, 0) is 16.9 Å². The molecule has 0 bridgehead atoms. The molecule has 0 radical (unpaired) electrons. The number of nitrogens with zero attached hydrogens (tertiary/aromatic N) is 4. The molecule has 5 aromatic rings. The molecule has 0 aliphatic rings. The predicted octanol–water partition coefficient (Wildman–Crippen LogP) is 6.68. The van der Waals surface area contributed by atoms with E-state index >= 15 is 8.78 Å². The third-order valence-electron chi connectivity index (χ3n) is 6.33. The van der Waals surface area contributed by atoms with Crippen LogP contribution in [0.25, 0.3) is 16.6 Å². The van der Waals surface area contributed by atoms with Crippen molar-refractivity contribution in [1.82, 2.24) is 19.5 Å². The number of ether oxygens (including phenoxy) is 3. The molecule has 0 atom stereocenters. The van der Waals surface area contributed by atoms with Crippen LogP contribution in [-0.4, -0.2) is 39.6 Å². The first-order chi connectivity index (χ1) is 20.4. The Morgan fingerprint density at radius 3 is 2.19 bits per heavy atom. The first-order valence-corrected chi connectivity index (χ1v) is 12.5. The van der Waals surface area contributed by atoms with Crippen molar-refractivity contribution < 1.29 is 41.0 Å². The largest absolute Gasteiger partial charge is 0.493 e. The molecule has 0 saturated carbocycles. The summed E-state index contributed by atoms with van der Waals surface area (Å²) in [5.74, 6) is -4.88. The number of methoxy groups -OCH3 is 2. The SMILES string of the molecule is COc1cc2ncnc(Oc3ccc(C(F)(F)C(=O)Nc4cc(-n5cnc(C)c5)cc(C(F)(F)F)c4)cc3)c2cc1OC. The number of hydrogen-bond acceptors (Lipinski definition) is 7. The van der Waals surface area contributed by atoms with Gasteiger partial charge >= 0.3 is 12.1 Å². The van der Waals surface area contributed by atoms with Crippen molar-refractivity contribution in [2.45, 2.75) is 19.0 Å². The molecule has 14 heteroatoms. The number of halogens is 5. The summed E-state index contributed by atoms with van der Waals surface area (Å²) in [6.45, 7) is 1.63. The van der Waals surface area contributed by atoms with Gasteiger partial charge in [-0.15, -0.1) is 0 Å². The van der Waals surface area contributed by atoms with E-state index in [0.29, 0.717) is 34.2 Å². The summed E-state index contributed by atoms with van der Waals surface area (Å²) in [6.07, 6.45) is -0.817. The molecule has 0 fully saturated rings. The quantitative estimate of drug-likeness (QED) is 0.199. The van der Waals surface area contributed by atoms with Gasteiger partial charge in [0.05, 0.1) is 42.7 Å². The van der Waals surface area contributed by atoms with E-state index in [9.17, 15) is 18.0 Å². The van der Waals surface area contributed by atoms with Gasteiger partial charge in [-0.2, -0.15) is 22.0 Å². The summed E-state index contributed by atoms with van der Waals surface area (Å²) in [5.41, 5.74) is -1.34. The van der Waals surface area contributed by atoms with Crippen molar-refractivity contribution in [2.75, 3.05) is 19.5 Å². The minimum Gasteiger partial charge on any atom is -0.493 e. The number of nitrogens with one attached hydrogen (secondary N) is 1.